The van der Waals surface area contributed by atoms with Crippen molar-refractivity contribution in [1.82, 2.24) is 19.7 Å². The normalized spacial score (nSPS) is 13.5. The zero-order valence-electron chi connectivity index (χ0n) is 17.1. The minimum Gasteiger partial charge on any atom is -0.321 e. The third-order valence-corrected chi connectivity index (χ3v) is 5.56. The van der Waals surface area contributed by atoms with E-state index in [1.54, 1.807) is 24.5 Å². The van der Waals surface area contributed by atoms with Crippen LogP contribution in [0.25, 0.3) is 5.69 Å². The molecule has 31 heavy (non-hydrogen) atoms. The Labute approximate surface area is 181 Å². The lowest BCUT2D eigenvalue weighted by Crippen LogP contribution is -2.30. The highest BCUT2D eigenvalue weighted by atomic mass is 16.1. The number of hydrogen-bond acceptors (Lipinski definition) is 4. The lowest BCUT2D eigenvalue weighted by atomic mass is 9.98. The van der Waals surface area contributed by atoms with E-state index < -0.39 is 0 Å². The summed E-state index contributed by atoms with van der Waals surface area (Å²) in [6, 6.07) is 22.0. The van der Waals surface area contributed by atoms with Crippen LogP contribution < -0.4 is 5.32 Å². The second kappa shape index (κ2) is 8.53. The number of benzene rings is 2. The van der Waals surface area contributed by atoms with E-state index >= 15 is 0 Å². The van der Waals surface area contributed by atoms with Crippen molar-refractivity contribution in [3.05, 3.63) is 108 Å². The molecule has 0 atom stereocenters. The lowest BCUT2D eigenvalue weighted by Gasteiger charge is -2.29. The van der Waals surface area contributed by atoms with Gasteiger partial charge in [0, 0.05) is 43.9 Å². The zero-order chi connectivity index (χ0) is 21.0. The van der Waals surface area contributed by atoms with E-state index in [2.05, 4.69) is 56.7 Å². The molecule has 1 aliphatic rings. The first-order chi connectivity index (χ1) is 15.2. The minimum atomic E-state index is -0.189. The van der Waals surface area contributed by atoms with Crippen molar-refractivity contribution in [1.29, 1.82) is 0 Å². The Hall–Kier alpha value is -3.77. The molecule has 0 fully saturated rings. The van der Waals surface area contributed by atoms with Gasteiger partial charge >= 0.3 is 0 Å². The lowest BCUT2D eigenvalue weighted by molar-refractivity contribution is 0.102. The number of nitrogens with zero attached hydrogens (tertiary/aromatic N) is 4. The summed E-state index contributed by atoms with van der Waals surface area (Å²) < 4.78 is 1.86. The summed E-state index contributed by atoms with van der Waals surface area (Å²) >= 11 is 0. The summed E-state index contributed by atoms with van der Waals surface area (Å²) in [6.07, 6.45) is 6.36. The monoisotopic (exact) mass is 409 g/mol. The fourth-order valence-corrected chi connectivity index (χ4v) is 3.95. The molecule has 0 radical (unpaired) electrons. The Kier molecular flexibility index (Phi) is 5.29. The zero-order valence-corrected chi connectivity index (χ0v) is 17.1. The van der Waals surface area contributed by atoms with Crippen molar-refractivity contribution in [2.24, 2.45) is 0 Å². The van der Waals surface area contributed by atoms with E-state index in [1.165, 1.54) is 16.7 Å². The van der Waals surface area contributed by atoms with Gasteiger partial charge in [0.15, 0.2) is 0 Å². The van der Waals surface area contributed by atoms with Crippen LogP contribution in [0.5, 0.6) is 0 Å². The van der Waals surface area contributed by atoms with E-state index in [4.69, 9.17) is 0 Å². The van der Waals surface area contributed by atoms with Gasteiger partial charge in [0.25, 0.3) is 5.91 Å². The molecule has 2 aromatic carbocycles. The second-order valence-electron chi connectivity index (χ2n) is 7.73. The predicted molar refractivity (Wildman–Crippen MR) is 120 cm³/mol. The van der Waals surface area contributed by atoms with Gasteiger partial charge in [-0.3, -0.25) is 14.7 Å². The molecule has 0 saturated heterocycles. The summed E-state index contributed by atoms with van der Waals surface area (Å²) in [6.45, 7) is 2.78. The Balaban J connectivity index is 1.25. The first-order valence-electron chi connectivity index (χ1n) is 10.4. The van der Waals surface area contributed by atoms with Crippen LogP contribution in [0.1, 0.15) is 27.2 Å². The van der Waals surface area contributed by atoms with Crippen LogP contribution in [0, 0.1) is 0 Å². The molecule has 0 bridgehead atoms. The van der Waals surface area contributed by atoms with Gasteiger partial charge in [0.1, 0.15) is 5.69 Å². The molecule has 1 aliphatic heterocycles. The summed E-state index contributed by atoms with van der Waals surface area (Å²) in [5.41, 5.74) is 6.17. The van der Waals surface area contributed by atoms with Crippen molar-refractivity contribution < 1.29 is 4.79 Å². The van der Waals surface area contributed by atoms with Gasteiger partial charge in [-0.1, -0.05) is 24.3 Å². The Morgan fingerprint density at radius 1 is 0.968 bits per heavy atom. The van der Waals surface area contributed by atoms with Crippen molar-refractivity contribution in [2.75, 3.05) is 11.9 Å². The number of carbonyl (C=O) groups is 1. The molecule has 5 rings (SSSR count). The smallest absolute Gasteiger partial charge is 0.274 e. The molecule has 0 saturated carbocycles. The predicted octanol–water partition coefficient (Wildman–Crippen LogP) is 4.08. The molecule has 4 aromatic rings. The van der Waals surface area contributed by atoms with Crippen LogP contribution >= 0.6 is 0 Å². The maximum atomic E-state index is 12.4. The van der Waals surface area contributed by atoms with Gasteiger partial charge in [-0.05, 0) is 65.6 Å². The Morgan fingerprint density at radius 3 is 2.65 bits per heavy atom. The fourth-order valence-electron chi connectivity index (χ4n) is 3.95. The number of anilines is 1. The second-order valence-corrected chi connectivity index (χ2v) is 7.73. The maximum Gasteiger partial charge on any atom is 0.274 e. The molecule has 154 valence electrons. The van der Waals surface area contributed by atoms with Crippen molar-refractivity contribution in [3.8, 4) is 5.69 Å². The largest absolute Gasteiger partial charge is 0.321 e. The summed E-state index contributed by atoms with van der Waals surface area (Å²) in [4.78, 5) is 19.0. The first-order valence-corrected chi connectivity index (χ1v) is 10.4. The van der Waals surface area contributed by atoms with Gasteiger partial charge in [-0.25, -0.2) is 4.68 Å². The number of aromatic nitrogens is 3. The van der Waals surface area contributed by atoms with Gasteiger partial charge in [-0.2, -0.15) is 5.10 Å². The van der Waals surface area contributed by atoms with Gasteiger partial charge < -0.3 is 5.32 Å². The highest BCUT2D eigenvalue weighted by Crippen LogP contribution is 2.24. The average Bonchev–Trinajstić information content (AvgIpc) is 3.35. The molecule has 0 unspecified atom stereocenters. The van der Waals surface area contributed by atoms with Crippen molar-refractivity contribution in [2.45, 2.75) is 19.5 Å². The number of rotatable bonds is 5. The number of pyridine rings is 1. The fraction of sp³-hybridized carbons (Fsp3) is 0.160. The number of carbonyl (C=O) groups excluding carboxylic acids is 1. The van der Waals surface area contributed by atoms with Crippen molar-refractivity contribution in [3.63, 3.8) is 0 Å². The van der Waals surface area contributed by atoms with Gasteiger partial charge in [0.05, 0.1) is 5.69 Å². The summed E-state index contributed by atoms with van der Waals surface area (Å²) in [5, 5.41) is 7.24. The molecule has 0 spiro atoms. The molecule has 6 heteroatoms. The third kappa shape index (κ3) is 4.39. The highest BCUT2D eigenvalue weighted by Gasteiger charge is 2.17. The molecular formula is C25H23N5O. The van der Waals surface area contributed by atoms with Crippen LogP contribution in [0.4, 0.5) is 5.69 Å². The van der Waals surface area contributed by atoms with Crippen LogP contribution in [0.3, 0.4) is 0 Å². The SMILES string of the molecule is O=C(Nc1ccc2c(c1)CN(Cc1ccc(-n3cccn3)cc1)CC2)c1ccccn1. The van der Waals surface area contributed by atoms with Crippen LogP contribution in [-0.2, 0) is 19.5 Å². The standard InChI is InChI=1S/C25H23N5O/c31-25(24-4-1-2-12-26-24)28-22-8-7-20-11-15-29(18-21(20)16-22)17-19-5-9-23(10-6-19)30-14-3-13-27-30/h1-10,12-14,16H,11,15,17-18H2,(H,28,31). The highest BCUT2D eigenvalue weighted by molar-refractivity contribution is 6.02. The van der Waals surface area contributed by atoms with E-state index in [-0.39, 0.29) is 5.91 Å². The number of hydrogen-bond donors (Lipinski definition) is 1. The average molecular weight is 409 g/mol. The third-order valence-electron chi connectivity index (χ3n) is 5.56. The van der Waals surface area contributed by atoms with E-state index in [9.17, 15) is 4.79 Å². The molecule has 1 amide bonds. The number of nitrogens with one attached hydrogen (secondary N) is 1. The van der Waals surface area contributed by atoms with Gasteiger partial charge in [0.2, 0.25) is 0 Å². The van der Waals surface area contributed by atoms with Gasteiger partial charge in [-0.15, -0.1) is 0 Å². The van der Waals surface area contributed by atoms with Crippen molar-refractivity contribution >= 4 is 11.6 Å². The van der Waals surface area contributed by atoms with Crippen LogP contribution in [0.2, 0.25) is 0 Å². The summed E-state index contributed by atoms with van der Waals surface area (Å²) in [5.74, 6) is -0.189. The number of fused-ring (bicyclic) bond motifs is 1. The molecule has 3 heterocycles. The molecule has 6 nitrogen and oxygen atoms in total. The molecule has 2 aromatic heterocycles. The summed E-state index contributed by atoms with van der Waals surface area (Å²) in [7, 11) is 0. The Morgan fingerprint density at radius 2 is 1.87 bits per heavy atom. The maximum absolute atomic E-state index is 12.4. The van der Waals surface area contributed by atoms with E-state index in [1.807, 2.05) is 29.1 Å². The molecule has 1 N–H and O–H groups in total. The molecular weight excluding hydrogens is 386 g/mol. The Bertz CT molecular complexity index is 1170. The quantitative estimate of drug-likeness (QED) is 0.540. The molecule has 0 aliphatic carbocycles. The minimum absolute atomic E-state index is 0.189. The number of amides is 1. The van der Waals surface area contributed by atoms with E-state index in [0.717, 1.165) is 37.4 Å². The van der Waals surface area contributed by atoms with Crippen LogP contribution in [-0.4, -0.2) is 32.1 Å². The first kappa shape index (κ1) is 19.2. The van der Waals surface area contributed by atoms with E-state index in [0.29, 0.717) is 5.69 Å². The topological polar surface area (TPSA) is 63.1 Å². The van der Waals surface area contributed by atoms with Crippen LogP contribution in [0.15, 0.2) is 85.3 Å².